The van der Waals surface area contributed by atoms with Crippen molar-refractivity contribution in [3.63, 3.8) is 0 Å². The van der Waals surface area contributed by atoms with Gasteiger partial charge in [0.15, 0.2) is 0 Å². The number of fused-ring (bicyclic) bond motifs is 1. The van der Waals surface area contributed by atoms with E-state index in [1.807, 2.05) is 6.07 Å². The van der Waals surface area contributed by atoms with Crippen molar-refractivity contribution in [3.05, 3.63) is 33.9 Å². The molecule has 1 aromatic heterocycles. The molecule has 84 valence electrons. The summed E-state index contributed by atoms with van der Waals surface area (Å²) in [5, 5.41) is 9.70. The van der Waals surface area contributed by atoms with E-state index in [1.165, 1.54) is 17.4 Å². The third kappa shape index (κ3) is 2.24. The average molecular weight is 279 g/mol. The normalized spacial score (nSPS) is 10.9. The minimum atomic E-state index is 0.956. The molecule has 0 fully saturated rings. The third-order valence-corrected chi connectivity index (χ3v) is 3.57. The molecule has 0 spiro atoms. The zero-order valence-corrected chi connectivity index (χ0v) is 11.2. The maximum atomic E-state index is 4.28. The summed E-state index contributed by atoms with van der Waals surface area (Å²) in [6.07, 6.45) is 3.33. The Labute approximate surface area is 104 Å². The molecule has 0 aliphatic rings. The van der Waals surface area contributed by atoms with Gasteiger partial charge >= 0.3 is 0 Å². The molecular weight excluding hydrogens is 264 g/mol. The highest BCUT2D eigenvalue weighted by molar-refractivity contribution is 9.10. The zero-order chi connectivity index (χ0) is 11.5. The number of unbranched alkanes of at least 4 members (excludes halogenated alkanes) is 1. The van der Waals surface area contributed by atoms with Crippen LogP contribution in [0.2, 0.25) is 0 Å². The van der Waals surface area contributed by atoms with Crippen LogP contribution in [0.25, 0.3) is 10.9 Å². The van der Waals surface area contributed by atoms with Gasteiger partial charge in [-0.15, -0.1) is 0 Å². The lowest BCUT2D eigenvalue weighted by atomic mass is 10.1. The summed E-state index contributed by atoms with van der Waals surface area (Å²) in [7, 11) is 0. The largest absolute Gasteiger partial charge is 0.154 e. The van der Waals surface area contributed by atoms with Crippen LogP contribution >= 0.6 is 15.9 Å². The molecule has 0 amide bonds. The first-order valence-corrected chi connectivity index (χ1v) is 6.43. The van der Waals surface area contributed by atoms with Crippen LogP contribution in [0.5, 0.6) is 0 Å². The Morgan fingerprint density at radius 2 is 2.06 bits per heavy atom. The standard InChI is InChI=1S/C13H15BrN2/c1-3-4-5-12-13(14)10-8-9(2)6-7-11(10)15-16-12/h6-8H,3-5H2,1-2H3. The first-order chi connectivity index (χ1) is 7.72. The van der Waals surface area contributed by atoms with Crippen molar-refractivity contribution in [3.8, 4) is 0 Å². The fourth-order valence-electron chi connectivity index (χ4n) is 1.73. The number of hydrogen-bond donors (Lipinski definition) is 0. The third-order valence-electron chi connectivity index (χ3n) is 2.69. The van der Waals surface area contributed by atoms with E-state index in [4.69, 9.17) is 0 Å². The number of nitrogens with zero attached hydrogens (tertiary/aromatic N) is 2. The Bertz CT molecular complexity index is 509. The van der Waals surface area contributed by atoms with Crippen LogP contribution in [0, 0.1) is 6.92 Å². The molecule has 0 N–H and O–H groups in total. The number of rotatable bonds is 3. The molecule has 0 unspecified atom stereocenters. The lowest BCUT2D eigenvalue weighted by Gasteiger charge is -2.06. The van der Waals surface area contributed by atoms with Gasteiger partial charge < -0.3 is 0 Å². The number of hydrogen-bond acceptors (Lipinski definition) is 2. The summed E-state index contributed by atoms with van der Waals surface area (Å²) in [5.41, 5.74) is 3.28. The van der Waals surface area contributed by atoms with Gasteiger partial charge in [0.05, 0.1) is 15.7 Å². The summed E-state index contributed by atoms with van der Waals surface area (Å²) < 4.78 is 1.11. The molecule has 0 saturated heterocycles. The predicted octanol–water partition coefficient (Wildman–Crippen LogP) is 4.04. The van der Waals surface area contributed by atoms with Gasteiger partial charge in [-0.2, -0.15) is 10.2 Å². The second kappa shape index (κ2) is 4.91. The lowest BCUT2D eigenvalue weighted by molar-refractivity contribution is 0.761. The second-order valence-electron chi connectivity index (χ2n) is 4.08. The van der Waals surface area contributed by atoms with E-state index in [2.05, 4.69) is 52.1 Å². The fourth-order valence-corrected chi connectivity index (χ4v) is 2.33. The van der Waals surface area contributed by atoms with E-state index in [0.717, 1.165) is 28.5 Å². The van der Waals surface area contributed by atoms with Crippen molar-refractivity contribution in [2.24, 2.45) is 0 Å². The highest BCUT2D eigenvalue weighted by Crippen LogP contribution is 2.26. The lowest BCUT2D eigenvalue weighted by Crippen LogP contribution is -1.96. The van der Waals surface area contributed by atoms with Crippen molar-refractivity contribution in [2.75, 3.05) is 0 Å². The van der Waals surface area contributed by atoms with Gasteiger partial charge in [-0.05, 0) is 47.8 Å². The van der Waals surface area contributed by atoms with Gasteiger partial charge in [-0.1, -0.05) is 25.0 Å². The maximum absolute atomic E-state index is 4.28. The molecule has 1 aromatic carbocycles. The zero-order valence-electron chi connectivity index (χ0n) is 9.63. The van der Waals surface area contributed by atoms with Gasteiger partial charge in [0.25, 0.3) is 0 Å². The summed E-state index contributed by atoms with van der Waals surface area (Å²) in [6, 6.07) is 6.24. The SMILES string of the molecule is CCCCc1nnc2ccc(C)cc2c1Br. The number of halogens is 1. The van der Waals surface area contributed by atoms with Gasteiger partial charge in [0.1, 0.15) is 0 Å². The number of aryl methyl sites for hydroxylation is 2. The first kappa shape index (κ1) is 11.5. The minimum Gasteiger partial charge on any atom is -0.154 e. The van der Waals surface area contributed by atoms with Crippen molar-refractivity contribution >= 4 is 26.8 Å². The molecule has 16 heavy (non-hydrogen) atoms. The van der Waals surface area contributed by atoms with Crippen LogP contribution in [-0.4, -0.2) is 10.2 Å². The second-order valence-corrected chi connectivity index (χ2v) is 4.88. The molecule has 0 radical (unpaired) electrons. The van der Waals surface area contributed by atoms with Crippen LogP contribution in [0.15, 0.2) is 22.7 Å². The molecule has 0 saturated carbocycles. The predicted molar refractivity (Wildman–Crippen MR) is 70.6 cm³/mol. The molecule has 0 atom stereocenters. The van der Waals surface area contributed by atoms with Crippen molar-refractivity contribution in [1.29, 1.82) is 0 Å². The molecule has 3 heteroatoms. The van der Waals surface area contributed by atoms with E-state index < -0.39 is 0 Å². The first-order valence-electron chi connectivity index (χ1n) is 5.63. The van der Waals surface area contributed by atoms with E-state index >= 15 is 0 Å². The monoisotopic (exact) mass is 278 g/mol. The van der Waals surface area contributed by atoms with Gasteiger partial charge in [0, 0.05) is 5.39 Å². The number of aromatic nitrogens is 2. The van der Waals surface area contributed by atoms with Gasteiger partial charge in [0.2, 0.25) is 0 Å². The Hall–Kier alpha value is -0.960. The van der Waals surface area contributed by atoms with Crippen molar-refractivity contribution < 1.29 is 0 Å². The Balaban J connectivity index is 2.50. The smallest absolute Gasteiger partial charge is 0.0941 e. The summed E-state index contributed by atoms with van der Waals surface area (Å²) >= 11 is 3.64. The van der Waals surface area contributed by atoms with E-state index in [9.17, 15) is 0 Å². The minimum absolute atomic E-state index is 0.956. The quantitative estimate of drug-likeness (QED) is 0.847. The van der Waals surface area contributed by atoms with Crippen molar-refractivity contribution in [1.82, 2.24) is 10.2 Å². The summed E-state index contributed by atoms with van der Waals surface area (Å²) in [5.74, 6) is 0. The highest BCUT2D eigenvalue weighted by atomic mass is 79.9. The van der Waals surface area contributed by atoms with Crippen molar-refractivity contribution in [2.45, 2.75) is 33.1 Å². The Morgan fingerprint density at radius 1 is 1.25 bits per heavy atom. The van der Waals surface area contributed by atoms with Crippen LogP contribution in [0.3, 0.4) is 0 Å². The molecule has 0 aliphatic carbocycles. The van der Waals surface area contributed by atoms with Gasteiger partial charge in [-0.25, -0.2) is 0 Å². The molecular formula is C13H15BrN2. The fraction of sp³-hybridized carbons (Fsp3) is 0.385. The summed E-state index contributed by atoms with van der Waals surface area (Å²) in [6.45, 7) is 4.28. The number of benzene rings is 1. The van der Waals surface area contributed by atoms with E-state index in [-0.39, 0.29) is 0 Å². The molecule has 2 aromatic rings. The average Bonchev–Trinajstić information content (AvgIpc) is 2.29. The maximum Gasteiger partial charge on any atom is 0.0941 e. The molecule has 1 heterocycles. The van der Waals surface area contributed by atoms with Crippen LogP contribution in [0.4, 0.5) is 0 Å². The molecule has 2 nitrogen and oxygen atoms in total. The van der Waals surface area contributed by atoms with Gasteiger partial charge in [-0.3, -0.25) is 0 Å². The van der Waals surface area contributed by atoms with E-state index in [0.29, 0.717) is 0 Å². The Kier molecular flexibility index (Phi) is 3.54. The molecule has 0 bridgehead atoms. The molecule has 2 rings (SSSR count). The Morgan fingerprint density at radius 3 is 2.81 bits per heavy atom. The van der Waals surface area contributed by atoms with Crippen LogP contribution in [-0.2, 0) is 6.42 Å². The summed E-state index contributed by atoms with van der Waals surface area (Å²) in [4.78, 5) is 0. The highest BCUT2D eigenvalue weighted by Gasteiger charge is 2.07. The van der Waals surface area contributed by atoms with Crippen LogP contribution in [0.1, 0.15) is 31.0 Å². The van der Waals surface area contributed by atoms with E-state index in [1.54, 1.807) is 0 Å². The topological polar surface area (TPSA) is 25.8 Å². The molecule has 0 aliphatic heterocycles. The van der Waals surface area contributed by atoms with Crippen LogP contribution < -0.4 is 0 Å².